The number of piperidine rings is 1. The molecule has 0 aliphatic carbocycles. The second-order valence-corrected chi connectivity index (χ2v) is 7.84. The average Bonchev–Trinajstić information content (AvgIpc) is 3.25. The van der Waals surface area contributed by atoms with E-state index in [4.69, 9.17) is 5.73 Å². The van der Waals surface area contributed by atoms with Crippen LogP contribution in [0.25, 0.3) is 5.69 Å². The molecular weight excluding hydrogens is 383 g/mol. The highest BCUT2D eigenvalue weighted by molar-refractivity contribution is 5.97. The minimum absolute atomic E-state index is 0.0405. The predicted molar refractivity (Wildman–Crippen MR) is 111 cm³/mol. The first-order chi connectivity index (χ1) is 14.5. The molecule has 30 heavy (non-hydrogen) atoms. The molecule has 0 atom stereocenters. The van der Waals surface area contributed by atoms with Crippen LogP contribution in [-0.2, 0) is 5.54 Å². The summed E-state index contributed by atoms with van der Waals surface area (Å²) in [5, 5.41) is 3.70. The number of nitrogens with one attached hydrogen (secondary N) is 1. The number of nitrogens with zero attached hydrogens (tertiary/aromatic N) is 2. The van der Waals surface area contributed by atoms with E-state index < -0.39 is 11.7 Å². The molecule has 2 aliphatic heterocycles. The van der Waals surface area contributed by atoms with Crippen LogP contribution in [-0.4, -0.2) is 34.4 Å². The molecule has 3 heterocycles. The third-order valence-corrected chi connectivity index (χ3v) is 6.16. The van der Waals surface area contributed by atoms with Gasteiger partial charge in [-0.25, -0.2) is 4.39 Å². The van der Waals surface area contributed by atoms with Crippen molar-refractivity contribution in [3.8, 4) is 5.69 Å². The first-order valence-corrected chi connectivity index (χ1v) is 9.93. The minimum atomic E-state index is -0.727. The van der Waals surface area contributed by atoms with E-state index in [9.17, 15) is 14.0 Å². The number of fused-ring (bicyclic) bond motifs is 4. The van der Waals surface area contributed by atoms with Crippen molar-refractivity contribution in [3.05, 3.63) is 83.4 Å². The maximum absolute atomic E-state index is 14.4. The molecule has 3 N–H and O–H groups in total. The molecule has 1 fully saturated rings. The van der Waals surface area contributed by atoms with Crippen molar-refractivity contribution in [2.75, 3.05) is 18.4 Å². The van der Waals surface area contributed by atoms with Crippen molar-refractivity contribution < 1.29 is 14.0 Å². The third-order valence-electron chi connectivity index (χ3n) is 6.16. The lowest BCUT2D eigenvalue weighted by atomic mass is 9.82. The van der Waals surface area contributed by atoms with E-state index in [0.717, 1.165) is 17.4 Å². The van der Waals surface area contributed by atoms with E-state index in [0.29, 0.717) is 25.9 Å². The van der Waals surface area contributed by atoms with Crippen molar-refractivity contribution in [2.45, 2.75) is 18.4 Å². The van der Waals surface area contributed by atoms with Gasteiger partial charge < -0.3 is 20.5 Å². The second-order valence-electron chi connectivity index (χ2n) is 7.84. The van der Waals surface area contributed by atoms with Gasteiger partial charge in [0.1, 0.15) is 5.82 Å². The van der Waals surface area contributed by atoms with Gasteiger partial charge in [0.05, 0.1) is 22.5 Å². The number of hydrogen-bond donors (Lipinski definition) is 2. The van der Waals surface area contributed by atoms with Crippen LogP contribution in [0, 0.1) is 5.82 Å². The Morgan fingerprint density at radius 1 is 1.03 bits per heavy atom. The summed E-state index contributed by atoms with van der Waals surface area (Å²) in [4.78, 5) is 25.8. The summed E-state index contributed by atoms with van der Waals surface area (Å²) in [6.45, 7) is 0.992. The van der Waals surface area contributed by atoms with E-state index in [1.165, 1.54) is 17.8 Å². The monoisotopic (exact) mass is 404 g/mol. The lowest BCUT2D eigenvalue weighted by Crippen LogP contribution is -2.51. The maximum Gasteiger partial charge on any atom is 0.256 e. The number of anilines is 1. The Morgan fingerprint density at radius 3 is 2.53 bits per heavy atom. The highest BCUT2D eigenvalue weighted by atomic mass is 19.1. The number of likely N-dealkylation sites (tertiary alicyclic amines) is 1. The van der Waals surface area contributed by atoms with Gasteiger partial charge >= 0.3 is 0 Å². The molecule has 2 aliphatic rings. The number of amides is 2. The Balaban J connectivity index is 1.39. The maximum atomic E-state index is 14.4. The van der Waals surface area contributed by atoms with Crippen LogP contribution in [0.3, 0.4) is 0 Å². The molecule has 6 nitrogen and oxygen atoms in total. The molecule has 7 heteroatoms. The molecule has 0 radical (unpaired) electrons. The number of aromatic nitrogens is 1. The molecule has 0 bridgehead atoms. The minimum Gasteiger partial charge on any atom is -0.372 e. The van der Waals surface area contributed by atoms with Crippen LogP contribution < -0.4 is 11.1 Å². The number of hydrogen-bond acceptors (Lipinski definition) is 3. The lowest BCUT2D eigenvalue weighted by molar-refractivity contribution is 0.0671. The number of primary amides is 1. The van der Waals surface area contributed by atoms with Gasteiger partial charge in [0.15, 0.2) is 0 Å². The number of halogens is 1. The first-order valence-electron chi connectivity index (χ1n) is 9.93. The SMILES string of the molecule is NC(=O)c1ccc(C(=O)N2CCC3(CC2)Nc2ccccc2-n2cccc23)c(F)c1. The fourth-order valence-electron chi connectivity index (χ4n) is 4.58. The molecule has 1 saturated heterocycles. The van der Waals surface area contributed by atoms with Crippen molar-refractivity contribution >= 4 is 17.5 Å². The molecule has 2 amide bonds. The standard InChI is InChI=1S/C23H21FN4O2/c24-17-14-15(21(25)29)7-8-16(17)22(30)27-12-9-23(10-13-27)20-6-3-11-28(20)19-5-2-1-4-18(19)26-23/h1-8,11,14,26H,9-10,12-13H2,(H2,25,29). The number of carbonyl (C=O) groups excluding carboxylic acids is 2. The fourth-order valence-corrected chi connectivity index (χ4v) is 4.58. The van der Waals surface area contributed by atoms with Gasteiger partial charge in [-0.1, -0.05) is 12.1 Å². The average molecular weight is 404 g/mol. The van der Waals surface area contributed by atoms with Crippen molar-refractivity contribution in [2.24, 2.45) is 5.73 Å². The number of rotatable bonds is 2. The topological polar surface area (TPSA) is 80.4 Å². The van der Waals surface area contributed by atoms with Crippen LogP contribution in [0.2, 0.25) is 0 Å². The van der Waals surface area contributed by atoms with E-state index in [-0.39, 0.29) is 22.6 Å². The van der Waals surface area contributed by atoms with E-state index in [2.05, 4.69) is 34.3 Å². The predicted octanol–water partition coefficient (Wildman–Crippen LogP) is 3.27. The van der Waals surface area contributed by atoms with Gasteiger partial charge in [0, 0.05) is 30.5 Å². The molecular formula is C23H21FN4O2. The van der Waals surface area contributed by atoms with Gasteiger partial charge in [-0.3, -0.25) is 9.59 Å². The Morgan fingerprint density at radius 2 is 1.80 bits per heavy atom. The van der Waals surface area contributed by atoms with E-state index in [1.807, 2.05) is 18.2 Å². The van der Waals surface area contributed by atoms with Gasteiger partial charge in [0.2, 0.25) is 5.91 Å². The van der Waals surface area contributed by atoms with E-state index in [1.54, 1.807) is 4.90 Å². The zero-order chi connectivity index (χ0) is 20.9. The number of carbonyl (C=O) groups is 2. The Kier molecular flexibility index (Phi) is 4.13. The number of nitrogens with two attached hydrogens (primary N) is 1. The van der Waals surface area contributed by atoms with Crippen LogP contribution in [0.5, 0.6) is 0 Å². The summed E-state index contributed by atoms with van der Waals surface area (Å²) in [5.41, 5.74) is 8.26. The zero-order valence-corrected chi connectivity index (χ0v) is 16.3. The number of para-hydroxylation sites is 2. The quantitative estimate of drug-likeness (QED) is 0.688. The van der Waals surface area contributed by atoms with Gasteiger partial charge in [-0.05, 0) is 55.3 Å². The molecule has 152 valence electrons. The summed E-state index contributed by atoms with van der Waals surface area (Å²) < 4.78 is 16.6. The fraction of sp³-hybridized carbons (Fsp3) is 0.217. The van der Waals surface area contributed by atoms with Gasteiger partial charge in [0.25, 0.3) is 5.91 Å². The van der Waals surface area contributed by atoms with E-state index >= 15 is 0 Å². The zero-order valence-electron chi connectivity index (χ0n) is 16.3. The Hall–Kier alpha value is -3.61. The van der Waals surface area contributed by atoms with Gasteiger partial charge in [-0.2, -0.15) is 0 Å². The molecule has 5 rings (SSSR count). The van der Waals surface area contributed by atoms with Crippen molar-refractivity contribution in [3.63, 3.8) is 0 Å². The van der Waals surface area contributed by atoms with Gasteiger partial charge in [-0.15, -0.1) is 0 Å². The van der Waals surface area contributed by atoms with Crippen LogP contribution in [0.4, 0.5) is 10.1 Å². The Labute approximate surface area is 173 Å². The summed E-state index contributed by atoms with van der Waals surface area (Å²) in [6.07, 6.45) is 3.47. The highest BCUT2D eigenvalue weighted by Gasteiger charge is 2.42. The van der Waals surface area contributed by atoms with Crippen molar-refractivity contribution in [1.29, 1.82) is 0 Å². The second kappa shape index (κ2) is 6.73. The van der Waals surface area contributed by atoms with Crippen molar-refractivity contribution in [1.82, 2.24) is 9.47 Å². The molecule has 0 saturated carbocycles. The normalized spacial score (nSPS) is 16.5. The summed E-state index contributed by atoms with van der Waals surface area (Å²) in [5.74, 6) is -1.82. The molecule has 1 aromatic heterocycles. The van der Waals surface area contributed by atoms with Crippen LogP contribution in [0.15, 0.2) is 60.8 Å². The first kappa shape index (κ1) is 18.4. The summed E-state index contributed by atoms with van der Waals surface area (Å²) >= 11 is 0. The molecule has 1 spiro atoms. The largest absolute Gasteiger partial charge is 0.372 e. The smallest absolute Gasteiger partial charge is 0.256 e. The molecule has 3 aromatic rings. The lowest BCUT2D eigenvalue weighted by Gasteiger charge is -2.46. The molecule has 2 aromatic carbocycles. The Bertz CT molecular complexity index is 1160. The van der Waals surface area contributed by atoms with Crippen LogP contribution >= 0.6 is 0 Å². The summed E-state index contributed by atoms with van der Waals surface area (Å²) in [7, 11) is 0. The number of benzene rings is 2. The van der Waals surface area contributed by atoms with Crippen LogP contribution in [0.1, 0.15) is 39.3 Å². The highest BCUT2D eigenvalue weighted by Crippen LogP contribution is 2.43. The molecule has 0 unspecified atom stereocenters. The summed E-state index contributed by atoms with van der Waals surface area (Å²) in [6, 6.07) is 16.1. The third kappa shape index (κ3) is 2.77.